The minimum atomic E-state index is -0.365. The Kier molecular flexibility index (Phi) is 7.50. The SMILES string of the molecule is O=C(Nc1ccccc1C(=O)N1CCOCC1)C1CCN(C(=O)C2CC(=O)N(c3ccccc3)C2)CC1. The van der Waals surface area contributed by atoms with E-state index in [1.807, 2.05) is 30.3 Å². The second kappa shape index (κ2) is 11.1. The van der Waals surface area contributed by atoms with E-state index in [0.29, 0.717) is 70.0 Å². The fourth-order valence-corrected chi connectivity index (χ4v) is 5.30. The quantitative estimate of drug-likeness (QED) is 0.674. The maximum Gasteiger partial charge on any atom is 0.256 e. The number of amides is 4. The number of anilines is 2. The van der Waals surface area contributed by atoms with Crippen molar-refractivity contribution < 1.29 is 23.9 Å². The van der Waals surface area contributed by atoms with Crippen LogP contribution in [0, 0.1) is 11.8 Å². The van der Waals surface area contributed by atoms with Crippen molar-refractivity contribution in [1.82, 2.24) is 9.80 Å². The van der Waals surface area contributed by atoms with E-state index in [4.69, 9.17) is 4.74 Å². The zero-order chi connectivity index (χ0) is 25.8. The van der Waals surface area contributed by atoms with Crippen LogP contribution in [-0.2, 0) is 19.1 Å². The molecule has 0 radical (unpaired) electrons. The molecule has 9 nitrogen and oxygen atoms in total. The Labute approximate surface area is 216 Å². The van der Waals surface area contributed by atoms with Gasteiger partial charge in [0, 0.05) is 50.7 Å². The lowest BCUT2D eigenvalue weighted by Crippen LogP contribution is -2.44. The van der Waals surface area contributed by atoms with E-state index in [1.54, 1.807) is 39.0 Å². The third kappa shape index (κ3) is 5.51. The van der Waals surface area contributed by atoms with E-state index < -0.39 is 0 Å². The molecule has 5 rings (SSSR count). The number of carbonyl (C=O) groups is 4. The highest BCUT2D eigenvalue weighted by atomic mass is 16.5. The van der Waals surface area contributed by atoms with Crippen LogP contribution in [0.4, 0.5) is 11.4 Å². The number of para-hydroxylation sites is 2. The number of likely N-dealkylation sites (tertiary alicyclic amines) is 1. The third-order valence-corrected chi connectivity index (χ3v) is 7.43. The van der Waals surface area contributed by atoms with Gasteiger partial charge in [-0.3, -0.25) is 19.2 Å². The predicted octanol–water partition coefficient (Wildman–Crippen LogP) is 2.39. The van der Waals surface area contributed by atoms with Crippen molar-refractivity contribution >= 4 is 35.0 Å². The summed E-state index contributed by atoms with van der Waals surface area (Å²) in [5.74, 6) is -0.926. The first-order valence-corrected chi connectivity index (χ1v) is 12.9. The van der Waals surface area contributed by atoms with Crippen molar-refractivity contribution in [2.24, 2.45) is 11.8 Å². The topological polar surface area (TPSA) is 99.3 Å². The summed E-state index contributed by atoms with van der Waals surface area (Å²) in [7, 11) is 0. The molecule has 0 saturated carbocycles. The molecule has 0 spiro atoms. The van der Waals surface area contributed by atoms with Gasteiger partial charge in [-0.15, -0.1) is 0 Å². The van der Waals surface area contributed by atoms with Crippen molar-refractivity contribution in [3.8, 4) is 0 Å². The Bertz CT molecular complexity index is 1160. The van der Waals surface area contributed by atoms with Crippen LogP contribution in [0.25, 0.3) is 0 Å². The van der Waals surface area contributed by atoms with Gasteiger partial charge in [0.2, 0.25) is 17.7 Å². The summed E-state index contributed by atoms with van der Waals surface area (Å²) in [5.41, 5.74) is 1.79. The molecule has 4 amide bonds. The average Bonchev–Trinajstić information content (AvgIpc) is 3.35. The van der Waals surface area contributed by atoms with E-state index in [2.05, 4.69) is 5.32 Å². The van der Waals surface area contributed by atoms with Gasteiger partial charge in [-0.1, -0.05) is 30.3 Å². The maximum absolute atomic E-state index is 13.2. The zero-order valence-electron chi connectivity index (χ0n) is 20.8. The van der Waals surface area contributed by atoms with E-state index in [0.717, 1.165) is 5.69 Å². The van der Waals surface area contributed by atoms with Crippen LogP contribution >= 0.6 is 0 Å². The van der Waals surface area contributed by atoms with Gasteiger partial charge < -0.3 is 24.8 Å². The molecule has 2 aromatic rings. The number of carbonyl (C=O) groups excluding carboxylic acids is 4. The number of benzene rings is 2. The Morgan fingerprint density at radius 3 is 2.22 bits per heavy atom. The van der Waals surface area contributed by atoms with Crippen molar-refractivity contribution in [3.05, 3.63) is 60.2 Å². The van der Waals surface area contributed by atoms with Gasteiger partial charge in [-0.05, 0) is 37.1 Å². The molecule has 2 aromatic carbocycles. The second-order valence-corrected chi connectivity index (χ2v) is 9.78. The van der Waals surface area contributed by atoms with Crippen LogP contribution in [0.2, 0.25) is 0 Å². The van der Waals surface area contributed by atoms with Gasteiger partial charge in [-0.25, -0.2) is 0 Å². The minimum absolute atomic E-state index is 0.0212. The molecule has 1 atom stereocenters. The Hall–Kier alpha value is -3.72. The van der Waals surface area contributed by atoms with Crippen LogP contribution in [0.1, 0.15) is 29.6 Å². The summed E-state index contributed by atoms with van der Waals surface area (Å²) in [5, 5.41) is 2.96. The van der Waals surface area contributed by atoms with E-state index in [9.17, 15) is 19.2 Å². The van der Waals surface area contributed by atoms with Gasteiger partial charge in [0.1, 0.15) is 0 Å². The molecular weight excluding hydrogens is 472 g/mol. The Morgan fingerprint density at radius 1 is 0.811 bits per heavy atom. The lowest BCUT2D eigenvalue weighted by molar-refractivity contribution is -0.138. The van der Waals surface area contributed by atoms with E-state index in [-0.39, 0.29) is 41.9 Å². The number of rotatable bonds is 5. The van der Waals surface area contributed by atoms with Crippen LogP contribution < -0.4 is 10.2 Å². The molecule has 37 heavy (non-hydrogen) atoms. The van der Waals surface area contributed by atoms with Crippen molar-refractivity contribution in [1.29, 1.82) is 0 Å². The molecule has 0 bridgehead atoms. The highest BCUT2D eigenvalue weighted by Crippen LogP contribution is 2.28. The number of nitrogens with zero attached hydrogens (tertiary/aromatic N) is 3. The molecule has 1 unspecified atom stereocenters. The Morgan fingerprint density at radius 2 is 1.49 bits per heavy atom. The zero-order valence-corrected chi connectivity index (χ0v) is 20.8. The lowest BCUT2D eigenvalue weighted by atomic mass is 9.94. The summed E-state index contributed by atoms with van der Waals surface area (Å²) in [6.07, 6.45) is 1.29. The number of hydrogen-bond donors (Lipinski definition) is 1. The van der Waals surface area contributed by atoms with E-state index >= 15 is 0 Å². The second-order valence-electron chi connectivity index (χ2n) is 9.78. The van der Waals surface area contributed by atoms with E-state index in [1.165, 1.54) is 0 Å². The fraction of sp³-hybridized carbons (Fsp3) is 0.429. The van der Waals surface area contributed by atoms with Gasteiger partial charge in [0.25, 0.3) is 5.91 Å². The molecule has 3 saturated heterocycles. The lowest BCUT2D eigenvalue weighted by Gasteiger charge is -2.33. The molecular formula is C28H32N4O5. The molecule has 3 fully saturated rings. The third-order valence-electron chi connectivity index (χ3n) is 7.43. The number of hydrogen-bond acceptors (Lipinski definition) is 5. The first-order chi connectivity index (χ1) is 18.0. The normalized spacial score (nSPS) is 20.7. The first kappa shape index (κ1) is 25.0. The van der Waals surface area contributed by atoms with Crippen molar-refractivity contribution in [2.45, 2.75) is 19.3 Å². The average molecular weight is 505 g/mol. The molecule has 3 heterocycles. The highest BCUT2D eigenvalue weighted by Gasteiger charge is 2.38. The summed E-state index contributed by atoms with van der Waals surface area (Å²) in [6.45, 7) is 3.42. The molecule has 1 N–H and O–H groups in total. The fourth-order valence-electron chi connectivity index (χ4n) is 5.30. The standard InChI is InChI=1S/C28H32N4O5/c33-25-18-21(19-32(25)22-6-2-1-3-7-22)27(35)30-12-10-20(11-13-30)26(34)29-24-9-5-4-8-23(24)28(36)31-14-16-37-17-15-31/h1-9,20-21H,10-19H2,(H,29,34). The number of morpholine rings is 1. The highest BCUT2D eigenvalue weighted by molar-refractivity contribution is 6.04. The largest absolute Gasteiger partial charge is 0.378 e. The summed E-state index contributed by atoms with van der Waals surface area (Å²) < 4.78 is 5.34. The number of nitrogens with one attached hydrogen (secondary N) is 1. The van der Waals surface area contributed by atoms with Gasteiger partial charge in [0.15, 0.2) is 0 Å². The van der Waals surface area contributed by atoms with Crippen molar-refractivity contribution in [2.75, 3.05) is 56.2 Å². The molecule has 0 aliphatic carbocycles. The van der Waals surface area contributed by atoms with Gasteiger partial charge >= 0.3 is 0 Å². The predicted molar refractivity (Wildman–Crippen MR) is 138 cm³/mol. The van der Waals surface area contributed by atoms with Crippen LogP contribution in [0.5, 0.6) is 0 Å². The maximum atomic E-state index is 13.2. The minimum Gasteiger partial charge on any atom is -0.378 e. The number of piperidine rings is 1. The molecule has 3 aliphatic rings. The van der Waals surface area contributed by atoms with Crippen LogP contribution in [0.15, 0.2) is 54.6 Å². The van der Waals surface area contributed by atoms with Gasteiger partial charge in [0.05, 0.1) is 30.4 Å². The van der Waals surface area contributed by atoms with Crippen molar-refractivity contribution in [3.63, 3.8) is 0 Å². The van der Waals surface area contributed by atoms with Crippen LogP contribution in [-0.4, -0.2) is 79.4 Å². The summed E-state index contributed by atoms with van der Waals surface area (Å²) in [6, 6.07) is 16.5. The Balaban J connectivity index is 1.15. The molecule has 9 heteroatoms. The summed E-state index contributed by atoms with van der Waals surface area (Å²) >= 11 is 0. The van der Waals surface area contributed by atoms with Gasteiger partial charge in [-0.2, -0.15) is 0 Å². The monoisotopic (exact) mass is 504 g/mol. The van der Waals surface area contributed by atoms with Crippen LogP contribution in [0.3, 0.4) is 0 Å². The molecule has 3 aliphatic heterocycles. The smallest absolute Gasteiger partial charge is 0.256 e. The molecule has 194 valence electrons. The number of ether oxygens (including phenoxy) is 1. The molecule has 0 aromatic heterocycles. The first-order valence-electron chi connectivity index (χ1n) is 12.9. The summed E-state index contributed by atoms with van der Waals surface area (Å²) in [4.78, 5) is 57.0.